The molecule has 32 heavy (non-hydrogen) atoms. The molecule has 3 aromatic rings. The van der Waals surface area contributed by atoms with E-state index in [0.717, 1.165) is 21.7 Å². The van der Waals surface area contributed by atoms with Crippen molar-refractivity contribution in [1.82, 2.24) is 5.32 Å². The van der Waals surface area contributed by atoms with Crippen LogP contribution in [0.5, 0.6) is 0 Å². The number of amidine groups is 1. The fourth-order valence-electron chi connectivity index (χ4n) is 3.97. The molecule has 3 aromatic carbocycles. The summed E-state index contributed by atoms with van der Waals surface area (Å²) >= 11 is 1.29. The van der Waals surface area contributed by atoms with Gasteiger partial charge < -0.3 is 10.2 Å². The zero-order valence-corrected chi connectivity index (χ0v) is 18.8. The molecule has 0 aliphatic carbocycles. The molecule has 0 saturated heterocycles. The van der Waals surface area contributed by atoms with Crippen molar-refractivity contribution in [3.05, 3.63) is 95.6 Å². The third kappa shape index (κ3) is 4.16. The molecule has 162 valence electrons. The molecule has 2 aliphatic heterocycles. The lowest BCUT2D eigenvalue weighted by Gasteiger charge is -2.22. The quantitative estimate of drug-likeness (QED) is 0.622. The third-order valence-corrected chi connectivity index (χ3v) is 7.91. The second-order valence-electron chi connectivity index (χ2n) is 7.68. The van der Waals surface area contributed by atoms with Gasteiger partial charge in [-0.25, -0.2) is 8.42 Å². The van der Waals surface area contributed by atoms with E-state index in [2.05, 4.69) is 34.0 Å². The van der Waals surface area contributed by atoms with E-state index < -0.39 is 10.0 Å². The van der Waals surface area contributed by atoms with E-state index in [9.17, 15) is 13.2 Å². The summed E-state index contributed by atoms with van der Waals surface area (Å²) in [4.78, 5) is 15.7. The van der Waals surface area contributed by atoms with Crippen LogP contribution in [0, 0.1) is 0 Å². The molecule has 0 spiro atoms. The van der Waals surface area contributed by atoms with Crippen LogP contribution in [0.4, 0.5) is 5.69 Å². The average molecular weight is 464 g/mol. The number of hydrogen-bond donors (Lipinski definition) is 1. The van der Waals surface area contributed by atoms with Gasteiger partial charge in [-0.3, -0.25) is 4.79 Å². The Morgan fingerprint density at radius 2 is 1.66 bits per heavy atom. The van der Waals surface area contributed by atoms with Crippen molar-refractivity contribution in [2.45, 2.75) is 10.8 Å². The summed E-state index contributed by atoms with van der Waals surface area (Å²) in [6, 6.07) is 25.7. The molecule has 0 fully saturated rings. The van der Waals surface area contributed by atoms with Crippen molar-refractivity contribution >= 4 is 38.5 Å². The van der Waals surface area contributed by atoms with Crippen LogP contribution in [0.15, 0.2) is 88.2 Å². The van der Waals surface area contributed by atoms with E-state index in [1.165, 1.54) is 11.8 Å². The van der Waals surface area contributed by atoms with E-state index in [0.29, 0.717) is 23.8 Å². The molecule has 0 radical (unpaired) electrons. The summed E-state index contributed by atoms with van der Waals surface area (Å²) in [5.74, 6) is -0.123. The maximum absolute atomic E-state index is 13.0. The Labute approximate surface area is 191 Å². The van der Waals surface area contributed by atoms with Crippen molar-refractivity contribution in [3.63, 3.8) is 0 Å². The Hall–Kier alpha value is -3.10. The van der Waals surface area contributed by atoms with Crippen molar-refractivity contribution < 1.29 is 13.2 Å². The number of carbonyl (C=O) groups excluding carboxylic acids is 1. The van der Waals surface area contributed by atoms with Gasteiger partial charge in [0.15, 0.2) is 5.17 Å². The number of nitrogens with zero attached hydrogens (tertiary/aromatic N) is 2. The zero-order valence-electron chi connectivity index (χ0n) is 17.1. The van der Waals surface area contributed by atoms with Crippen LogP contribution in [0.25, 0.3) is 0 Å². The molecule has 6 nitrogen and oxygen atoms in total. The fraction of sp³-hybridized carbons (Fsp3) is 0.167. The minimum absolute atomic E-state index is 0.000895. The largest absolute Gasteiger partial charge is 0.351 e. The summed E-state index contributed by atoms with van der Waals surface area (Å²) in [5.41, 5.74) is 3.71. The number of rotatable bonds is 5. The number of fused-ring (bicyclic) bond motifs is 3. The summed E-state index contributed by atoms with van der Waals surface area (Å²) < 4.78 is 27.5. The summed E-state index contributed by atoms with van der Waals surface area (Å²) in [6.07, 6.45) is 0. The van der Waals surface area contributed by atoms with Gasteiger partial charge in [0.05, 0.1) is 11.4 Å². The van der Waals surface area contributed by atoms with Gasteiger partial charge in [-0.15, -0.1) is 4.40 Å². The molecule has 0 saturated carbocycles. The standard InChI is InChI=1S/C24H21N3O3S2/c28-23(25-16-20(17-7-3-1-4-8-17)18-9-5-2-6-10-18)19-11-12-21-22(15-19)31-24-26-32(29,30)14-13-27(21)24/h1-12,15,20H,13-14,16H2,(H,25,28). The smallest absolute Gasteiger partial charge is 0.257 e. The second kappa shape index (κ2) is 8.44. The van der Waals surface area contributed by atoms with Crippen LogP contribution in [-0.2, 0) is 10.0 Å². The van der Waals surface area contributed by atoms with Crippen LogP contribution in [-0.4, -0.2) is 38.3 Å². The van der Waals surface area contributed by atoms with E-state index in [1.54, 1.807) is 6.07 Å². The zero-order chi connectivity index (χ0) is 22.1. The Kier molecular flexibility index (Phi) is 5.48. The van der Waals surface area contributed by atoms with Gasteiger partial charge in [0, 0.05) is 29.5 Å². The van der Waals surface area contributed by atoms with E-state index in [1.807, 2.05) is 53.4 Å². The second-order valence-corrected chi connectivity index (χ2v) is 10.4. The van der Waals surface area contributed by atoms with E-state index in [-0.39, 0.29) is 17.6 Å². The first-order valence-corrected chi connectivity index (χ1v) is 12.7. The molecule has 0 bridgehead atoms. The molecule has 2 aliphatic rings. The summed E-state index contributed by atoms with van der Waals surface area (Å²) in [7, 11) is -3.41. The lowest BCUT2D eigenvalue weighted by Crippen LogP contribution is -2.35. The van der Waals surface area contributed by atoms with Gasteiger partial charge in [0.1, 0.15) is 0 Å². The molecular formula is C24H21N3O3S2. The number of carbonyl (C=O) groups is 1. The van der Waals surface area contributed by atoms with Crippen LogP contribution < -0.4 is 10.2 Å². The van der Waals surface area contributed by atoms with Crippen molar-refractivity contribution in [3.8, 4) is 0 Å². The normalized spacial score (nSPS) is 16.3. The van der Waals surface area contributed by atoms with Crippen LogP contribution in [0.3, 0.4) is 0 Å². The summed E-state index contributed by atoms with van der Waals surface area (Å²) in [6.45, 7) is 0.844. The average Bonchev–Trinajstić information content (AvgIpc) is 3.16. The number of nitrogens with one attached hydrogen (secondary N) is 1. The SMILES string of the molecule is O=C(NCC(c1ccccc1)c1ccccc1)c1ccc2c(c1)SC1=NS(=O)(=O)CCN12. The number of hydrogen-bond acceptors (Lipinski definition) is 5. The van der Waals surface area contributed by atoms with E-state index >= 15 is 0 Å². The van der Waals surface area contributed by atoms with Gasteiger partial charge in [0.25, 0.3) is 15.9 Å². The monoisotopic (exact) mass is 463 g/mol. The summed E-state index contributed by atoms with van der Waals surface area (Å²) in [5, 5.41) is 3.53. The van der Waals surface area contributed by atoms with Crippen molar-refractivity contribution in [2.24, 2.45) is 4.40 Å². The maximum atomic E-state index is 13.0. The van der Waals surface area contributed by atoms with Crippen LogP contribution >= 0.6 is 11.8 Å². The Morgan fingerprint density at radius 1 is 1.00 bits per heavy atom. The Balaban J connectivity index is 1.35. The van der Waals surface area contributed by atoms with Crippen molar-refractivity contribution in [1.29, 1.82) is 0 Å². The van der Waals surface area contributed by atoms with Gasteiger partial charge in [-0.05, 0) is 41.1 Å². The van der Waals surface area contributed by atoms with Gasteiger partial charge in [0.2, 0.25) is 0 Å². The highest BCUT2D eigenvalue weighted by atomic mass is 32.2. The molecule has 0 unspecified atom stereocenters. The highest BCUT2D eigenvalue weighted by Crippen LogP contribution is 2.42. The minimum Gasteiger partial charge on any atom is -0.351 e. The number of amides is 1. The highest BCUT2D eigenvalue weighted by molar-refractivity contribution is 8.15. The Morgan fingerprint density at radius 3 is 2.31 bits per heavy atom. The van der Waals surface area contributed by atoms with Crippen LogP contribution in [0.2, 0.25) is 0 Å². The lowest BCUT2D eigenvalue weighted by molar-refractivity contribution is 0.0952. The maximum Gasteiger partial charge on any atom is 0.257 e. The van der Waals surface area contributed by atoms with Gasteiger partial charge in [-0.1, -0.05) is 60.7 Å². The molecule has 5 rings (SSSR count). The lowest BCUT2D eigenvalue weighted by atomic mass is 9.91. The minimum atomic E-state index is -3.41. The number of thioether (sulfide) groups is 1. The topological polar surface area (TPSA) is 78.8 Å². The molecule has 0 atom stereocenters. The fourth-order valence-corrected chi connectivity index (χ4v) is 6.26. The van der Waals surface area contributed by atoms with Crippen LogP contribution in [0.1, 0.15) is 27.4 Å². The number of benzene rings is 3. The molecule has 8 heteroatoms. The molecule has 1 amide bonds. The molecular weight excluding hydrogens is 442 g/mol. The Bertz CT molecular complexity index is 1250. The first-order valence-electron chi connectivity index (χ1n) is 10.3. The number of anilines is 1. The van der Waals surface area contributed by atoms with Gasteiger partial charge >= 0.3 is 0 Å². The predicted octanol–water partition coefficient (Wildman–Crippen LogP) is 3.86. The molecule has 1 N–H and O–H groups in total. The first kappa shape index (κ1) is 20.8. The number of sulfonamides is 1. The van der Waals surface area contributed by atoms with Crippen molar-refractivity contribution in [2.75, 3.05) is 23.7 Å². The molecule has 0 aromatic heterocycles. The third-order valence-electron chi connectivity index (χ3n) is 5.61. The van der Waals surface area contributed by atoms with Gasteiger partial charge in [-0.2, -0.15) is 0 Å². The predicted molar refractivity (Wildman–Crippen MR) is 128 cm³/mol. The highest BCUT2D eigenvalue weighted by Gasteiger charge is 2.33. The van der Waals surface area contributed by atoms with E-state index in [4.69, 9.17) is 0 Å². The first-order chi connectivity index (χ1) is 15.5. The molecule has 2 heterocycles.